The van der Waals surface area contributed by atoms with Gasteiger partial charge in [0.2, 0.25) is 11.9 Å². The standard InChI is InChI=1S/2C45H29N5.C44H28N6/c1-4-14-30(15-5-1)38-29-39(31-16-6-2-7-17-31)48-45(47-38)50-41-26-25-32(28-37(41)35-22-13-27-46-44(35)50)34-21-12-24-42-43(34)36-20-10-11-23-40(36)49(42)33-18-8-3-9-19-33;1-4-14-30(15-5-1)38-29-42(48-44(47-38)31-16-6-2-7-17-31)50-40-26-25-32(28-37(40)35-22-13-27-46-45(35)50)34-21-12-24-41-43(34)36-20-10-11-23-39(36)49(41)33-18-8-3-9-19-33;1-4-14-29(15-5-1)41-46-42(30-16-6-2-7-17-30)48-44(47-41)50-38-26-25-31(28-36(38)34-22-13-27-45-43(34)50)33-21-12-24-39-40(33)35-20-10-11-23-37(35)49(39)32-18-8-3-9-19-32/h2*1-29H;1-28H. The Bertz CT molecular complexity index is 9330. The Morgan fingerprint density at radius 3 is 0.760 bits per heavy atom. The van der Waals surface area contributed by atoms with Gasteiger partial charge in [-0.25, -0.2) is 39.9 Å². The number of hydrogen-bond donors (Lipinski definition) is 0. The predicted molar refractivity (Wildman–Crippen MR) is 612 cm³/mol. The summed E-state index contributed by atoms with van der Waals surface area (Å²) in [7, 11) is 0. The van der Waals surface area contributed by atoms with Crippen molar-refractivity contribution in [2.24, 2.45) is 0 Å². The van der Waals surface area contributed by atoms with Gasteiger partial charge in [0.05, 0.1) is 66.7 Å². The van der Waals surface area contributed by atoms with Crippen LogP contribution in [0.5, 0.6) is 0 Å². The first-order valence-corrected chi connectivity index (χ1v) is 50.2. The minimum atomic E-state index is 0.525. The molecule has 12 aromatic heterocycles. The van der Waals surface area contributed by atoms with Crippen molar-refractivity contribution in [1.82, 2.24) is 77.2 Å². The lowest BCUT2D eigenvalue weighted by atomic mass is 9.98. The average Bonchev–Trinajstić information content (AvgIpc) is 1.58. The Morgan fingerprint density at radius 1 is 0.147 bits per heavy atom. The summed E-state index contributed by atoms with van der Waals surface area (Å²) in [6.07, 6.45) is 5.53. The van der Waals surface area contributed by atoms with E-state index in [4.69, 9.17) is 49.8 Å². The monoisotopic (exact) mass is 1920 g/mol. The second-order valence-corrected chi connectivity index (χ2v) is 37.3. The Hall–Kier alpha value is -20.6. The van der Waals surface area contributed by atoms with Crippen LogP contribution in [0.4, 0.5) is 0 Å². The number of hydrogen-bond acceptors (Lipinski definition) is 10. The maximum absolute atomic E-state index is 5.17. The van der Waals surface area contributed by atoms with Crippen molar-refractivity contribution in [3.8, 4) is 136 Å². The van der Waals surface area contributed by atoms with E-state index in [1.165, 1.54) is 82.1 Å². The van der Waals surface area contributed by atoms with Crippen molar-refractivity contribution in [2.45, 2.75) is 0 Å². The predicted octanol–water partition coefficient (Wildman–Crippen LogP) is 32.6. The van der Waals surface area contributed by atoms with Gasteiger partial charge in [0.25, 0.3) is 0 Å². The van der Waals surface area contributed by atoms with Crippen molar-refractivity contribution < 1.29 is 0 Å². The first-order chi connectivity index (χ1) is 74.4. The molecule has 0 aliphatic carbocycles. The first kappa shape index (κ1) is 87.2. The molecule has 0 saturated heterocycles. The molecule has 16 nitrogen and oxygen atoms in total. The van der Waals surface area contributed by atoms with Gasteiger partial charge in [0.1, 0.15) is 22.8 Å². The third kappa shape index (κ3) is 15.2. The van der Waals surface area contributed by atoms with Gasteiger partial charge in [0.15, 0.2) is 17.5 Å². The van der Waals surface area contributed by atoms with Crippen LogP contribution in [0.2, 0.25) is 0 Å². The van der Waals surface area contributed by atoms with Crippen LogP contribution < -0.4 is 0 Å². The van der Waals surface area contributed by atoms with Gasteiger partial charge in [-0.3, -0.25) is 13.7 Å². The minimum Gasteiger partial charge on any atom is -0.309 e. The zero-order valence-electron chi connectivity index (χ0n) is 80.8. The number of para-hydroxylation sites is 6. The van der Waals surface area contributed by atoms with Crippen molar-refractivity contribution in [3.05, 3.63) is 522 Å². The normalized spacial score (nSPS) is 11.6. The van der Waals surface area contributed by atoms with Gasteiger partial charge in [0, 0.05) is 140 Å². The summed E-state index contributed by atoms with van der Waals surface area (Å²) >= 11 is 0. The lowest BCUT2D eigenvalue weighted by Crippen LogP contribution is -2.06. The number of fused-ring (bicyclic) bond motifs is 18. The molecule has 0 amide bonds. The third-order valence-corrected chi connectivity index (χ3v) is 28.6. The van der Waals surface area contributed by atoms with E-state index in [0.717, 1.165) is 156 Å². The molecule has 0 atom stereocenters. The fourth-order valence-electron chi connectivity index (χ4n) is 22.0. The lowest BCUT2D eigenvalue weighted by Gasteiger charge is -2.12. The highest BCUT2D eigenvalue weighted by Gasteiger charge is 2.28. The van der Waals surface area contributed by atoms with Gasteiger partial charge >= 0.3 is 0 Å². The Balaban J connectivity index is 0.000000108. The fourth-order valence-corrected chi connectivity index (χ4v) is 22.0. The van der Waals surface area contributed by atoms with Gasteiger partial charge < -0.3 is 13.7 Å². The summed E-state index contributed by atoms with van der Waals surface area (Å²) in [6.45, 7) is 0. The van der Waals surface area contributed by atoms with Crippen LogP contribution in [-0.4, -0.2) is 77.2 Å². The van der Waals surface area contributed by atoms with Crippen molar-refractivity contribution in [1.29, 1.82) is 0 Å². The van der Waals surface area contributed by atoms with Crippen molar-refractivity contribution in [2.75, 3.05) is 0 Å². The number of aromatic nitrogens is 16. The van der Waals surface area contributed by atoms with Crippen LogP contribution in [0.1, 0.15) is 0 Å². The highest BCUT2D eigenvalue weighted by molar-refractivity contribution is 6.21. The molecule has 30 aromatic rings. The number of rotatable bonds is 15. The molecule has 18 aromatic carbocycles. The van der Waals surface area contributed by atoms with Gasteiger partial charge in [-0.05, 0) is 185 Å². The van der Waals surface area contributed by atoms with Gasteiger partial charge in [-0.2, -0.15) is 9.97 Å². The molecule has 0 fully saturated rings. The molecule has 150 heavy (non-hydrogen) atoms. The van der Waals surface area contributed by atoms with Crippen LogP contribution in [0.25, 0.3) is 267 Å². The van der Waals surface area contributed by atoms with E-state index < -0.39 is 0 Å². The fraction of sp³-hybridized carbons (Fsp3) is 0. The SMILES string of the molecule is c1ccc(-c2cc(-c3ccccc3)nc(-n3c4ccc(-c5cccc6c5c5ccccc5n6-c5ccccc5)cc4c4cccnc43)n2)cc1.c1ccc(-c2cc(-n3c4ccc(-c5cccc6c5c5ccccc5n6-c5ccccc5)cc4c4cccnc43)nc(-c3ccccc3)n2)cc1.c1ccc(-c2nc(-c3ccccc3)nc(-n3c4ccc(-c5cccc6c5c5ccccc5n6-c5ccccc5)cc4c4cccnc43)n2)cc1. The van der Waals surface area contributed by atoms with E-state index in [1.807, 2.05) is 170 Å². The molecule has 0 aliphatic heterocycles. The second-order valence-electron chi connectivity index (χ2n) is 37.3. The molecule has 702 valence electrons. The molecular weight excluding hydrogens is 1830 g/mol. The van der Waals surface area contributed by atoms with Crippen molar-refractivity contribution in [3.63, 3.8) is 0 Å². The lowest BCUT2D eigenvalue weighted by molar-refractivity contribution is 0.944. The topological polar surface area (TPSA) is 158 Å². The highest BCUT2D eigenvalue weighted by atomic mass is 15.2. The van der Waals surface area contributed by atoms with E-state index in [9.17, 15) is 0 Å². The minimum absolute atomic E-state index is 0.525. The summed E-state index contributed by atoms with van der Waals surface area (Å²) in [5.74, 6) is 3.78. The van der Waals surface area contributed by atoms with Crippen LogP contribution in [0.3, 0.4) is 0 Å². The van der Waals surface area contributed by atoms with Crippen molar-refractivity contribution >= 4 is 131 Å². The molecule has 0 spiro atoms. The third-order valence-electron chi connectivity index (χ3n) is 28.6. The van der Waals surface area contributed by atoms with Crippen LogP contribution in [0.15, 0.2) is 522 Å². The molecular formula is C134H86N16. The zero-order chi connectivity index (χ0) is 99.1. The maximum Gasteiger partial charge on any atom is 0.240 e. The molecule has 0 N–H and O–H groups in total. The van der Waals surface area contributed by atoms with Crippen LogP contribution >= 0.6 is 0 Å². The van der Waals surface area contributed by atoms with E-state index >= 15 is 0 Å². The smallest absolute Gasteiger partial charge is 0.240 e. The summed E-state index contributed by atoms with van der Waals surface area (Å²) < 4.78 is 13.4. The average molecular weight is 1920 g/mol. The first-order valence-electron chi connectivity index (χ1n) is 50.2. The quantitative estimate of drug-likeness (QED) is 0.0967. The molecule has 0 aliphatic rings. The van der Waals surface area contributed by atoms with E-state index in [1.54, 1.807) is 0 Å². The van der Waals surface area contributed by atoms with E-state index in [0.29, 0.717) is 29.4 Å². The Kier molecular flexibility index (Phi) is 21.5. The van der Waals surface area contributed by atoms with Gasteiger partial charge in [-0.1, -0.05) is 346 Å². The van der Waals surface area contributed by atoms with E-state index in [-0.39, 0.29) is 0 Å². The number of pyridine rings is 3. The molecule has 0 radical (unpaired) electrons. The Morgan fingerprint density at radius 2 is 0.413 bits per heavy atom. The van der Waals surface area contributed by atoms with Crippen LogP contribution in [-0.2, 0) is 0 Å². The van der Waals surface area contributed by atoms with E-state index in [2.05, 4.69) is 379 Å². The van der Waals surface area contributed by atoms with Crippen LogP contribution in [0, 0.1) is 0 Å². The maximum atomic E-state index is 5.17. The highest BCUT2D eigenvalue weighted by Crippen LogP contribution is 2.47. The molecule has 0 bridgehead atoms. The summed E-state index contributed by atoms with van der Waals surface area (Å²) in [4.78, 5) is 50.3. The molecule has 16 heteroatoms. The largest absolute Gasteiger partial charge is 0.309 e. The summed E-state index contributed by atoms with van der Waals surface area (Å²) in [5.41, 5.74) is 31.5. The summed E-state index contributed by atoms with van der Waals surface area (Å²) in [6, 6.07) is 176. The molecule has 12 heterocycles. The molecule has 0 saturated carbocycles. The van der Waals surface area contributed by atoms with Gasteiger partial charge in [-0.15, -0.1) is 0 Å². The Labute approximate surface area is 860 Å². The summed E-state index contributed by atoms with van der Waals surface area (Å²) in [5, 5.41) is 13.8. The number of nitrogens with zero attached hydrogens (tertiary/aromatic N) is 16. The number of benzene rings is 18. The second kappa shape index (κ2) is 37.0. The molecule has 30 rings (SSSR count). The molecule has 0 unspecified atom stereocenters. The zero-order valence-corrected chi connectivity index (χ0v) is 80.8.